The molecule has 0 atom stereocenters. The van der Waals surface area contributed by atoms with Crippen molar-refractivity contribution in [1.82, 2.24) is 0 Å². The number of ether oxygens (including phenoxy) is 1. The minimum atomic E-state index is -0.732. The van der Waals surface area contributed by atoms with Crippen molar-refractivity contribution >= 4 is 5.97 Å². The molecule has 0 amide bonds. The van der Waals surface area contributed by atoms with E-state index in [4.69, 9.17) is 14.9 Å². The van der Waals surface area contributed by atoms with Crippen LogP contribution in [0.4, 0.5) is 0 Å². The fourth-order valence-electron chi connectivity index (χ4n) is 1.00. The lowest BCUT2D eigenvalue weighted by Crippen LogP contribution is -2.06. The van der Waals surface area contributed by atoms with Gasteiger partial charge in [0, 0.05) is 12.1 Å². The van der Waals surface area contributed by atoms with Crippen molar-refractivity contribution in [2.75, 3.05) is 6.61 Å². The van der Waals surface area contributed by atoms with Crippen molar-refractivity contribution in [3.8, 4) is 17.2 Å². The molecule has 5 heteroatoms. The van der Waals surface area contributed by atoms with Crippen LogP contribution in [0.2, 0.25) is 0 Å². The lowest BCUT2D eigenvalue weighted by Gasteiger charge is -2.06. The smallest absolute Gasteiger partial charge is 0.342 e. The highest BCUT2D eigenvalue weighted by molar-refractivity contribution is 5.93. The summed E-state index contributed by atoms with van der Waals surface area (Å²) in [6.45, 7) is 2.07. The predicted molar refractivity (Wildman–Crippen MR) is 52.0 cm³/mol. The Morgan fingerprint density at radius 3 is 2.40 bits per heavy atom. The van der Waals surface area contributed by atoms with Crippen LogP contribution < -0.4 is 0 Å². The van der Waals surface area contributed by atoms with Crippen LogP contribution in [0, 0.1) is 0 Å². The Morgan fingerprint density at radius 2 is 1.80 bits per heavy atom. The van der Waals surface area contributed by atoms with Gasteiger partial charge in [-0.3, -0.25) is 0 Å². The molecule has 3 N–H and O–H groups in total. The lowest BCUT2D eigenvalue weighted by atomic mass is 10.2. The van der Waals surface area contributed by atoms with Gasteiger partial charge < -0.3 is 20.1 Å². The van der Waals surface area contributed by atoms with Crippen LogP contribution in [0.1, 0.15) is 23.7 Å². The van der Waals surface area contributed by atoms with Crippen molar-refractivity contribution in [3.05, 3.63) is 17.7 Å². The standard InChI is InChI=1S/C10H12O5/c1-2-3-15-10(14)6-4-8(12)9(13)5-7(6)11/h4-5,11-13H,2-3H2,1H3. The Hall–Kier alpha value is -1.91. The summed E-state index contributed by atoms with van der Waals surface area (Å²) in [6.07, 6.45) is 0.663. The second-order valence-electron chi connectivity index (χ2n) is 2.99. The van der Waals surface area contributed by atoms with E-state index in [0.29, 0.717) is 6.42 Å². The molecule has 0 fully saturated rings. The molecule has 1 rings (SSSR count). The summed E-state index contributed by atoms with van der Waals surface area (Å²) in [5.74, 6) is -2.12. The largest absolute Gasteiger partial charge is 0.507 e. The van der Waals surface area contributed by atoms with E-state index in [1.54, 1.807) is 0 Å². The van der Waals surface area contributed by atoms with Gasteiger partial charge in [0.15, 0.2) is 11.5 Å². The zero-order valence-corrected chi connectivity index (χ0v) is 8.23. The number of carbonyl (C=O) groups excluding carboxylic acids is 1. The van der Waals surface area contributed by atoms with Crippen LogP contribution in [0.15, 0.2) is 12.1 Å². The number of benzene rings is 1. The summed E-state index contributed by atoms with van der Waals surface area (Å²) >= 11 is 0. The number of carbonyl (C=O) groups is 1. The van der Waals surface area contributed by atoms with Crippen LogP contribution in [0.25, 0.3) is 0 Å². The van der Waals surface area contributed by atoms with Gasteiger partial charge in [0.25, 0.3) is 0 Å². The number of phenols is 3. The first-order valence-corrected chi connectivity index (χ1v) is 4.48. The third-order valence-electron chi connectivity index (χ3n) is 1.75. The monoisotopic (exact) mass is 212 g/mol. The van der Waals surface area contributed by atoms with E-state index in [1.807, 2.05) is 6.92 Å². The average molecular weight is 212 g/mol. The van der Waals surface area contributed by atoms with Crippen LogP contribution >= 0.6 is 0 Å². The van der Waals surface area contributed by atoms with E-state index in [9.17, 15) is 9.90 Å². The predicted octanol–water partition coefficient (Wildman–Crippen LogP) is 1.37. The maximum absolute atomic E-state index is 11.3. The molecule has 0 aliphatic rings. The van der Waals surface area contributed by atoms with Gasteiger partial charge in [0.05, 0.1) is 6.61 Å². The molecule has 15 heavy (non-hydrogen) atoms. The molecule has 0 radical (unpaired) electrons. The van der Waals surface area contributed by atoms with Crippen molar-refractivity contribution < 1.29 is 24.9 Å². The summed E-state index contributed by atoms with van der Waals surface area (Å²) in [7, 11) is 0. The topological polar surface area (TPSA) is 87.0 Å². The van der Waals surface area contributed by atoms with Crippen LogP contribution in [0.5, 0.6) is 17.2 Å². The van der Waals surface area contributed by atoms with E-state index in [2.05, 4.69) is 0 Å². The maximum Gasteiger partial charge on any atom is 0.342 e. The first kappa shape index (κ1) is 11.2. The minimum absolute atomic E-state index is 0.168. The molecule has 5 nitrogen and oxygen atoms in total. The normalized spacial score (nSPS) is 9.93. The van der Waals surface area contributed by atoms with Gasteiger partial charge in [0.2, 0.25) is 0 Å². The van der Waals surface area contributed by atoms with E-state index in [1.165, 1.54) is 0 Å². The number of esters is 1. The summed E-state index contributed by atoms with van der Waals surface area (Å²) < 4.78 is 4.76. The van der Waals surface area contributed by atoms with Gasteiger partial charge in [-0.2, -0.15) is 0 Å². The van der Waals surface area contributed by atoms with Gasteiger partial charge in [-0.25, -0.2) is 4.79 Å². The van der Waals surface area contributed by atoms with Crippen LogP contribution in [-0.4, -0.2) is 27.9 Å². The SMILES string of the molecule is CCCOC(=O)c1cc(O)c(O)cc1O. The summed E-state index contributed by atoms with van der Waals surface area (Å²) in [5.41, 5.74) is -0.168. The first-order valence-electron chi connectivity index (χ1n) is 4.48. The molecule has 0 unspecified atom stereocenters. The third kappa shape index (κ3) is 2.52. The van der Waals surface area contributed by atoms with Crippen molar-refractivity contribution in [2.24, 2.45) is 0 Å². The molecule has 0 aliphatic carbocycles. The molecular weight excluding hydrogens is 200 g/mol. The fourth-order valence-corrected chi connectivity index (χ4v) is 1.00. The van der Waals surface area contributed by atoms with E-state index < -0.39 is 23.2 Å². The second kappa shape index (κ2) is 4.54. The Bertz CT molecular complexity index is 372. The third-order valence-corrected chi connectivity index (χ3v) is 1.75. The van der Waals surface area contributed by atoms with Gasteiger partial charge in [-0.15, -0.1) is 0 Å². The summed E-state index contributed by atoms with van der Waals surface area (Å²) in [5, 5.41) is 27.5. The zero-order chi connectivity index (χ0) is 11.4. The second-order valence-corrected chi connectivity index (χ2v) is 2.99. The molecule has 0 saturated heterocycles. The maximum atomic E-state index is 11.3. The molecule has 1 aromatic rings. The van der Waals surface area contributed by atoms with Gasteiger partial charge >= 0.3 is 5.97 Å². The first-order chi connectivity index (χ1) is 7.06. The molecule has 82 valence electrons. The van der Waals surface area contributed by atoms with E-state index >= 15 is 0 Å². The van der Waals surface area contributed by atoms with Crippen molar-refractivity contribution in [2.45, 2.75) is 13.3 Å². The Labute approximate surface area is 86.5 Å². The van der Waals surface area contributed by atoms with Gasteiger partial charge in [-0.1, -0.05) is 6.92 Å². The van der Waals surface area contributed by atoms with Crippen LogP contribution in [-0.2, 0) is 4.74 Å². The molecule has 0 aliphatic heterocycles. The number of aromatic hydroxyl groups is 3. The molecule has 1 aromatic carbocycles. The van der Waals surface area contributed by atoms with E-state index in [0.717, 1.165) is 12.1 Å². The quantitative estimate of drug-likeness (QED) is 0.400. The molecule has 0 aromatic heterocycles. The molecule has 0 saturated carbocycles. The molecular formula is C10H12O5. The molecule has 0 heterocycles. The zero-order valence-electron chi connectivity index (χ0n) is 8.23. The lowest BCUT2D eigenvalue weighted by molar-refractivity contribution is 0.0501. The molecule has 0 bridgehead atoms. The van der Waals surface area contributed by atoms with Crippen LogP contribution in [0.3, 0.4) is 0 Å². The summed E-state index contributed by atoms with van der Waals surface area (Å²) in [6, 6.07) is 1.85. The highest BCUT2D eigenvalue weighted by Crippen LogP contribution is 2.32. The Morgan fingerprint density at radius 1 is 1.20 bits per heavy atom. The number of phenolic OH excluding ortho intramolecular Hbond substituents is 3. The van der Waals surface area contributed by atoms with Gasteiger partial charge in [-0.05, 0) is 6.42 Å². The average Bonchev–Trinajstić information content (AvgIpc) is 2.20. The van der Waals surface area contributed by atoms with E-state index in [-0.39, 0.29) is 12.2 Å². The number of rotatable bonds is 3. The van der Waals surface area contributed by atoms with Crippen molar-refractivity contribution in [3.63, 3.8) is 0 Å². The highest BCUT2D eigenvalue weighted by Gasteiger charge is 2.15. The molecule has 0 spiro atoms. The Kier molecular flexibility index (Phi) is 3.38. The summed E-state index contributed by atoms with van der Waals surface area (Å²) in [4.78, 5) is 11.3. The number of hydrogen-bond donors (Lipinski definition) is 3. The fraction of sp³-hybridized carbons (Fsp3) is 0.300. The minimum Gasteiger partial charge on any atom is -0.507 e. The van der Waals surface area contributed by atoms with Crippen molar-refractivity contribution in [1.29, 1.82) is 0 Å². The Balaban J connectivity index is 2.94. The van der Waals surface area contributed by atoms with Gasteiger partial charge in [0.1, 0.15) is 11.3 Å². The number of hydrogen-bond acceptors (Lipinski definition) is 5. The highest BCUT2D eigenvalue weighted by atomic mass is 16.5.